The fraction of sp³-hybridized carbons (Fsp3) is 0.759. The van der Waals surface area contributed by atoms with Crippen LogP contribution in [0.2, 0.25) is 0 Å². The van der Waals surface area contributed by atoms with E-state index in [4.69, 9.17) is 47.4 Å². The van der Waals surface area contributed by atoms with Gasteiger partial charge in [0.15, 0.2) is 36.1 Å². The summed E-state index contributed by atoms with van der Waals surface area (Å²) >= 11 is 0. The third-order valence-corrected chi connectivity index (χ3v) is 8.41. The lowest BCUT2D eigenvalue weighted by molar-refractivity contribution is -0.284. The van der Waals surface area contributed by atoms with Crippen LogP contribution in [-0.2, 0) is 91.7 Å². The van der Waals surface area contributed by atoms with Gasteiger partial charge in [0.1, 0.15) is 36.8 Å². The van der Waals surface area contributed by atoms with Crippen LogP contribution in [-0.4, -0.2) is 125 Å². The van der Waals surface area contributed by atoms with E-state index in [-0.39, 0.29) is 0 Å². The maximum absolute atomic E-state index is 14.9. The maximum Gasteiger partial charge on any atom is 0.303 e. The summed E-state index contributed by atoms with van der Waals surface area (Å²) in [5.74, 6) is -6.07. The largest absolute Gasteiger partial charge is 0.463 e. The van der Waals surface area contributed by atoms with E-state index in [0.717, 1.165) is 48.5 Å². The Morgan fingerprint density at radius 3 is 1.38 bits per heavy atom. The van der Waals surface area contributed by atoms with Gasteiger partial charge in [0.25, 0.3) is 0 Å². The van der Waals surface area contributed by atoms with Gasteiger partial charge in [0.05, 0.1) is 16.9 Å². The Bertz CT molecular complexity index is 1230. The summed E-state index contributed by atoms with van der Waals surface area (Å²) in [5, 5.41) is -1.63. The first kappa shape index (κ1) is 40.5. The summed E-state index contributed by atoms with van der Waals surface area (Å²) in [5.41, 5.74) is -1.83. The van der Waals surface area contributed by atoms with Gasteiger partial charge in [0, 0.05) is 48.5 Å². The Morgan fingerprint density at radius 1 is 0.542 bits per heavy atom. The molecule has 0 aromatic carbocycles. The van der Waals surface area contributed by atoms with Gasteiger partial charge >= 0.3 is 41.8 Å². The molecule has 0 amide bonds. The second-order valence-electron chi connectivity index (χ2n) is 11.0. The van der Waals surface area contributed by atoms with Crippen molar-refractivity contribution in [2.24, 2.45) is 0 Å². The normalized spacial score (nSPS) is 30.6. The second kappa shape index (κ2) is 18.2. The molecule has 0 radical (unpaired) electrons. The third-order valence-electron chi connectivity index (χ3n) is 6.50. The summed E-state index contributed by atoms with van der Waals surface area (Å²) in [6.07, 6.45) is -13.1. The number of rotatable bonds is 13. The molecule has 2 heterocycles. The number of esters is 7. The van der Waals surface area contributed by atoms with Crippen LogP contribution >= 0.6 is 0 Å². The smallest absolute Gasteiger partial charge is 0.303 e. The van der Waals surface area contributed by atoms with Crippen LogP contribution in [0.5, 0.6) is 0 Å². The Morgan fingerprint density at radius 2 is 0.938 bits per heavy atom. The summed E-state index contributed by atoms with van der Waals surface area (Å²) < 4.78 is 70.3. The molecular weight excluding hydrogens is 668 g/mol. The van der Waals surface area contributed by atoms with E-state index in [1.54, 1.807) is 13.8 Å². The molecule has 0 bridgehead atoms. The van der Waals surface area contributed by atoms with Crippen molar-refractivity contribution in [2.75, 3.05) is 13.2 Å². The van der Waals surface area contributed by atoms with E-state index >= 15 is 0 Å². The van der Waals surface area contributed by atoms with Gasteiger partial charge in [-0.1, -0.05) is 0 Å². The maximum atomic E-state index is 14.9. The zero-order valence-electron chi connectivity index (χ0n) is 28.0. The highest BCUT2D eigenvalue weighted by molar-refractivity contribution is 7.86. The molecule has 0 N–H and O–H groups in total. The topological polar surface area (TPSA) is 229 Å². The lowest BCUT2D eigenvalue weighted by Gasteiger charge is -2.48. The Labute approximate surface area is 279 Å². The summed E-state index contributed by atoms with van der Waals surface area (Å²) in [7, 11) is -2.63. The highest BCUT2D eigenvalue weighted by atomic mass is 32.2. The van der Waals surface area contributed by atoms with Crippen LogP contribution in [0.15, 0.2) is 0 Å². The molecule has 0 saturated carbocycles. The molecule has 2 rings (SSSR count). The van der Waals surface area contributed by atoms with Crippen molar-refractivity contribution in [1.29, 1.82) is 0 Å². The first-order valence-corrected chi connectivity index (χ1v) is 16.1. The predicted octanol–water partition coefficient (Wildman–Crippen LogP) is -0.237. The Kier molecular flexibility index (Phi) is 15.3. The van der Waals surface area contributed by atoms with Gasteiger partial charge in [-0.15, -0.1) is 0 Å². The van der Waals surface area contributed by atoms with Crippen LogP contribution < -0.4 is 0 Å². The molecule has 2 aliphatic heterocycles. The van der Waals surface area contributed by atoms with Gasteiger partial charge in [-0.3, -0.25) is 37.8 Å². The second-order valence-corrected chi connectivity index (χ2v) is 12.7. The van der Waals surface area contributed by atoms with E-state index in [2.05, 4.69) is 0 Å². The molecule has 11 atom stereocenters. The van der Waals surface area contributed by atoms with Gasteiger partial charge < -0.3 is 47.4 Å². The zero-order chi connectivity index (χ0) is 36.5. The van der Waals surface area contributed by atoms with Crippen LogP contribution in [0.1, 0.15) is 62.3 Å². The van der Waals surface area contributed by atoms with Crippen molar-refractivity contribution in [1.82, 2.24) is 0 Å². The monoisotopic (exact) mass is 710 g/mol. The molecule has 2 fully saturated rings. The first-order valence-electron chi connectivity index (χ1n) is 14.8. The Balaban J connectivity index is 2.84. The molecule has 2 saturated heterocycles. The number of hydrogen-bond donors (Lipinski definition) is 0. The van der Waals surface area contributed by atoms with E-state index < -0.39 is 132 Å². The van der Waals surface area contributed by atoms with Gasteiger partial charge in [-0.2, -0.15) is 0 Å². The fourth-order valence-electron chi connectivity index (χ4n) is 5.04. The molecular formula is C29H42O18S. The summed E-state index contributed by atoms with van der Waals surface area (Å²) in [4.78, 5) is 85.1. The van der Waals surface area contributed by atoms with Gasteiger partial charge in [-0.05, 0) is 13.8 Å². The van der Waals surface area contributed by atoms with Crippen LogP contribution in [0.4, 0.5) is 0 Å². The van der Waals surface area contributed by atoms with Crippen molar-refractivity contribution < 1.29 is 85.1 Å². The van der Waals surface area contributed by atoms with Crippen molar-refractivity contribution in [2.45, 2.75) is 128 Å². The third kappa shape index (κ3) is 11.8. The molecule has 2 aliphatic rings. The zero-order valence-corrected chi connectivity index (χ0v) is 28.8. The van der Waals surface area contributed by atoms with Gasteiger partial charge in [-0.25, -0.2) is 0 Å². The van der Waals surface area contributed by atoms with Crippen LogP contribution in [0.3, 0.4) is 0 Å². The molecule has 272 valence electrons. The summed E-state index contributed by atoms with van der Waals surface area (Å²) in [6, 6.07) is 0. The van der Waals surface area contributed by atoms with Crippen molar-refractivity contribution in [3.63, 3.8) is 0 Å². The number of hydrogen-bond acceptors (Lipinski definition) is 18. The average Bonchev–Trinajstić information content (AvgIpc) is 2.92. The summed E-state index contributed by atoms with van der Waals surface area (Å²) in [6.45, 7) is 9.41. The fourth-order valence-corrected chi connectivity index (χ4v) is 7.02. The number of carbonyl (C=O) groups is 7. The standard InChI is InChI=1S/C29H42O18S/c1-12(2)40-28-26(45-19(9)36)27(23(42-16(6)33)21(46-28)11-39-14(4)31)48(37)29-25(44-18(8)35)24(43-17(7)34)22(41-15(5)32)20(47-29)10-38-13(3)30/h12,20-29H,10-11H2,1-9H3/t20-,21-,22-,23-,24+,25-,26-,27+,28+,29+,48?/m1/s1. The minimum absolute atomic E-state index is 0.537. The minimum atomic E-state index is -2.63. The molecule has 0 aromatic rings. The van der Waals surface area contributed by atoms with Crippen LogP contribution in [0, 0.1) is 0 Å². The Hall–Kier alpha value is -3.68. The van der Waals surface area contributed by atoms with E-state index in [9.17, 15) is 37.8 Å². The van der Waals surface area contributed by atoms with Crippen molar-refractivity contribution >= 4 is 52.6 Å². The predicted molar refractivity (Wildman–Crippen MR) is 157 cm³/mol. The minimum Gasteiger partial charge on any atom is -0.463 e. The van der Waals surface area contributed by atoms with Crippen molar-refractivity contribution in [3.05, 3.63) is 0 Å². The highest BCUT2D eigenvalue weighted by Gasteiger charge is 2.60. The molecule has 18 nitrogen and oxygen atoms in total. The SMILES string of the molecule is CC(=O)OC[C@H]1O[C@@H](S(=O)[C@@H]2[C@@H](OC(C)=O)[C@@H](OC(C)C)O[C@H](COC(C)=O)[C@H]2OC(C)=O)[C@H](OC(C)=O)[C@@H](OC(C)=O)[C@@H]1OC(C)=O. The first-order chi connectivity index (χ1) is 22.3. The molecule has 1 unspecified atom stereocenters. The van der Waals surface area contributed by atoms with Crippen molar-refractivity contribution in [3.8, 4) is 0 Å². The molecule has 0 spiro atoms. The lowest BCUT2D eigenvalue weighted by Crippen LogP contribution is -2.68. The van der Waals surface area contributed by atoms with Crippen LogP contribution in [0.25, 0.3) is 0 Å². The number of carbonyl (C=O) groups excluding carboxylic acids is 7. The number of ether oxygens (including phenoxy) is 10. The van der Waals surface area contributed by atoms with Gasteiger partial charge in [0.2, 0.25) is 0 Å². The molecule has 48 heavy (non-hydrogen) atoms. The van der Waals surface area contributed by atoms with E-state index in [1.807, 2.05) is 0 Å². The average molecular weight is 711 g/mol. The molecule has 0 aromatic heterocycles. The highest BCUT2D eigenvalue weighted by Crippen LogP contribution is 2.37. The quantitative estimate of drug-likeness (QED) is 0.177. The molecule has 0 aliphatic carbocycles. The lowest BCUT2D eigenvalue weighted by atomic mass is 9.99. The van der Waals surface area contributed by atoms with E-state index in [0.29, 0.717) is 0 Å². The van der Waals surface area contributed by atoms with E-state index in [1.165, 1.54) is 0 Å². The molecule has 19 heteroatoms.